The highest BCUT2D eigenvalue weighted by Gasteiger charge is 2.37. The molecule has 0 spiro atoms. The molecule has 178 valence electrons. The van der Waals surface area contributed by atoms with Crippen LogP contribution in [0, 0.1) is 0 Å². The summed E-state index contributed by atoms with van der Waals surface area (Å²) in [6, 6.07) is 7.99. The largest absolute Gasteiger partial charge is 0.417 e. The van der Waals surface area contributed by atoms with Crippen LogP contribution >= 0.6 is 0 Å². The van der Waals surface area contributed by atoms with E-state index in [4.69, 9.17) is 0 Å². The minimum atomic E-state index is -4.87. The fraction of sp³-hybridized carbons (Fsp3) is 0.190. The number of sulfonamides is 1. The van der Waals surface area contributed by atoms with E-state index in [0.29, 0.717) is 12.6 Å². The van der Waals surface area contributed by atoms with Crippen LogP contribution in [0.15, 0.2) is 72.1 Å². The minimum absolute atomic E-state index is 0.288. The van der Waals surface area contributed by atoms with Crippen LogP contribution in [0.25, 0.3) is 5.65 Å². The molecule has 1 aromatic carbocycles. The van der Waals surface area contributed by atoms with Crippen LogP contribution in [0.1, 0.15) is 18.2 Å². The number of nitrogens with one attached hydrogen (secondary N) is 2. The first kappa shape index (κ1) is 23.4. The number of amides is 1. The van der Waals surface area contributed by atoms with Crippen molar-refractivity contribution in [3.63, 3.8) is 0 Å². The highest BCUT2D eigenvalue weighted by molar-refractivity contribution is 7.89. The van der Waals surface area contributed by atoms with Crippen LogP contribution < -0.4 is 10.0 Å². The maximum atomic E-state index is 13.2. The molecule has 9 nitrogen and oxygen atoms in total. The fourth-order valence-electron chi connectivity index (χ4n) is 3.28. The number of nitrogens with zero attached hydrogens (tertiary/aromatic N) is 4. The standard InChI is InChI=1S/C21H19F3N6O3S/c1-14(28-34(32,33)18-7-3-2-6-17(18)21(22,23)24)20(31)27-15-10-25-30(12-15)13-16-11-29-9-5-4-8-19(29)26-16/h2-12,14,28H,13H2,1H3,(H,27,31)/t14-/m0/s1. The number of fused-ring (bicyclic) bond motifs is 1. The third-order valence-electron chi connectivity index (χ3n) is 4.85. The first-order valence-electron chi connectivity index (χ1n) is 9.97. The van der Waals surface area contributed by atoms with Crippen molar-refractivity contribution in [2.75, 3.05) is 5.32 Å². The molecular weight excluding hydrogens is 473 g/mol. The van der Waals surface area contributed by atoms with Gasteiger partial charge in [0.15, 0.2) is 0 Å². The first-order valence-corrected chi connectivity index (χ1v) is 11.5. The van der Waals surface area contributed by atoms with E-state index in [2.05, 4.69) is 15.4 Å². The zero-order valence-corrected chi connectivity index (χ0v) is 18.5. The number of aromatic nitrogens is 4. The van der Waals surface area contributed by atoms with Gasteiger partial charge in [-0.2, -0.15) is 23.0 Å². The molecule has 0 bridgehead atoms. The Morgan fingerprint density at radius 1 is 1.12 bits per heavy atom. The lowest BCUT2D eigenvalue weighted by atomic mass is 10.2. The van der Waals surface area contributed by atoms with Gasteiger partial charge in [-0.25, -0.2) is 13.4 Å². The molecule has 13 heteroatoms. The number of halogens is 3. The van der Waals surface area contributed by atoms with Crippen LogP contribution in [0.5, 0.6) is 0 Å². The Kier molecular flexibility index (Phi) is 6.15. The minimum Gasteiger partial charge on any atom is -0.322 e. The molecule has 2 N–H and O–H groups in total. The summed E-state index contributed by atoms with van der Waals surface area (Å²) in [4.78, 5) is 16.0. The Labute approximate surface area is 192 Å². The molecule has 0 aliphatic rings. The summed E-state index contributed by atoms with van der Waals surface area (Å²) in [5, 5.41) is 6.64. The molecule has 0 radical (unpaired) electrons. The van der Waals surface area contributed by atoms with Gasteiger partial charge in [0.1, 0.15) is 5.65 Å². The number of hydrogen-bond donors (Lipinski definition) is 2. The number of pyridine rings is 1. The second kappa shape index (κ2) is 8.91. The second-order valence-electron chi connectivity index (χ2n) is 7.45. The Balaban J connectivity index is 1.42. The van der Waals surface area contributed by atoms with Gasteiger partial charge in [-0.1, -0.05) is 18.2 Å². The van der Waals surface area contributed by atoms with E-state index < -0.39 is 38.6 Å². The predicted octanol–water partition coefficient (Wildman–Crippen LogP) is 2.90. The van der Waals surface area contributed by atoms with E-state index in [1.54, 1.807) is 0 Å². The van der Waals surface area contributed by atoms with Gasteiger partial charge in [0.25, 0.3) is 0 Å². The van der Waals surface area contributed by atoms with E-state index in [-0.39, 0.29) is 5.69 Å². The molecule has 0 saturated heterocycles. The summed E-state index contributed by atoms with van der Waals surface area (Å²) in [7, 11) is -4.62. The van der Waals surface area contributed by atoms with Crippen molar-refractivity contribution in [1.29, 1.82) is 0 Å². The van der Waals surface area contributed by atoms with Gasteiger partial charge in [-0.05, 0) is 31.2 Å². The lowest BCUT2D eigenvalue weighted by Gasteiger charge is -2.17. The second-order valence-corrected chi connectivity index (χ2v) is 9.13. The lowest BCUT2D eigenvalue weighted by Crippen LogP contribution is -2.42. The Bertz CT molecular complexity index is 1410. The average molecular weight is 492 g/mol. The highest BCUT2D eigenvalue weighted by atomic mass is 32.2. The molecule has 34 heavy (non-hydrogen) atoms. The van der Waals surface area contributed by atoms with Crippen LogP contribution in [0.2, 0.25) is 0 Å². The smallest absolute Gasteiger partial charge is 0.322 e. The van der Waals surface area contributed by atoms with Crippen LogP contribution in [0.3, 0.4) is 0 Å². The first-order chi connectivity index (χ1) is 16.0. The Morgan fingerprint density at radius 2 is 1.85 bits per heavy atom. The molecule has 0 fully saturated rings. The summed E-state index contributed by atoms with van der Waals surface area (Å²) in [5.41, 5.74) is 0.474. The van der Waals surface area contributed by atoms with Crippen LogP contribution in [-0.2, 0) is 27.5 Å². The third-order valence-corrected chi connectivity index (χ3v) is 6.44. The van der Waals surface area contributed by atoms with Crippen molar-refractivity contribution in [3.8, 4) is 0 Å². The summed E-state index contributed by atoms with van der Waals surface area (Å²) >= 11 is 0. The van der Waals surface area contributed by atoms with E-state index >= 15 is 0 Å². The summed E-state index contributed by atoms with van der Waals surface area (Å²) in [6.45, 7) is 1.55. The van der Waals surface area contributed by atoms with Crippen LogP contribution in [-0.4, -0.2) is 39.5 Å². The maximum absolute atomic E-state index is 13.2. The number of carbonyl (C=O) groups is 1. The third kappa shape index (κ3) is 5.10. The Hall–Kier alpha value is -3.71. The monoisotopic (exact) mass is 492 g/mol. The van der Waals surface area contributed by atoms with Crippen molar-refractivity contribution in [1.82, 2.24) is 23.9 Å². The van der Waals surface area contributed by atoms with Gasteiger partial charge in [-0.3, -0.25) is 9.48 Å². The molecule has 0 unspecified atom stereocenters. The number of rotatable bonds is 7. The number of carbonyl (C=O) groups excluding carboxylic acids is 1. The average Bonchev–Trinajstić information content (AvgIpc) is 3.39. The maximum Gasteiger partial charge on any atom is 0.417 e. The van der Waals surface area contributed by atoms with E-state index in [1.165, 1.54) is 30.1 Å². The topological polar surface area (TPSA) is 110 Å². The zero-order chi connectivity index (χ0) is 24.5. The number of anilines is 1. The molecule has 1 atom stereocenters. The molecule has 0 aliphatic carbocycles. The van der Waals surface area contributed by atoms with Gasteiger partial charge < -0.3 is 9.72 Å². The Morgan fingerprint density at radius 3 is 2.59 bits per heavy atom. The lowest BCUT2D eigenvalue weighted by molar-refractivity contribution is -0.139. The number of benzene rings is 1. The molecule has 0 saturated carbocycles. The molecule has 4 rings (SSSR count). The molecular formula is C21H19F3N6O3S. The van der Waals surface area contributed by atoms with Gasteiger partial charge in [0.2, 0.25) is 15.9 Å². The number of alkyl halides is 3. The number of hydrogen-bond acceptors (Lipinski definition) is 5. The highest BCUT2D eigenvalue weighted by Crippen LogP contribution is 2.33. The van der Waals surface area contributed by atoms with Gasteiger partial charge in [0.05, 0.1) is 40.6 Å². The molecule has 4 aromatic rings. The summed E-state index contributed by atoms with van der Waals surface area (Å²) < 4.78 is 70.0. The molecule has 0 aliphatic heterocycles. The van der Waals surface area contributed by atoms with Gasteiger partial charge in [-0.15, -0.1) is 0 Å². The summed E-state index contributed by atoms with van der Waals surface area (Å²) in [6.07, 6.45) is 1.73. The fourth-order valence-corrected chi connectivity index (χ4v) is 4.71. The van der Waals surface area contributed by atoms with Crippen molar-refractivity contribution in [2.24, 2.45) is 0 Å². The van der Waals surface area contributed by atoms with Crippen molar-refractivity contribution >= 4 is 27.3 Å². The normalized spacial score (nSPS) is 13.2. The van der Waals surface area contributed by atoms with Gasteiger partial charge in [0, 0.05) is 18.6 Å². The van der Waals surface area contributed by atoms with Gasteiger partial charge >= 0.3 is 6.18 Å². The summed E-state index contributed by atoms with van der Waals surface area (Å²) in [5.74, 6) is -0.764. The number of imidazole rings is 1. The predicted molar refractivity (Wildman–Crippen MR) is 116 cm³/mol. The van der Waals surface area contributed by atoms with Crippen molar-refractivity contribution in [2.45, 2.75) is 30.6 Å². The molecule has 1 amide bonds. The van der Waals surface area contributed by atoms with Crippen molar-refractivity contribution in [3.05, 3.63) is 78.5 Å². The van der Waals surface area contributed by atoms with E-state index in [0.717, 1.165) is 23.5 Å². The SMILES string of the molecule is C[C@H](NS(=O)(=O)c1ccccc1C(F)(F)F)C(=O)Nc1cnn(Cc2cn3ccccc3n2)c1. The van der Waals surface area contributed by atoms with Crippen molar-refractivity contribution < 1.29 is 26.4 Å². The van der Waals surface area contributed by atoms with Crippen LogP contribution in [0.4, 0.5) is 18.9 Å². The van der Waals surface area contributed by atoms with E-state index in [1.807, 2.05) is 39.7 Å². The molecule has 3 heterocycles. The molecule has 3 aromatic heterocycles. The van der Waals surface area contributed by atoms with E-state index in [9.17, 15) is 26.4 Å². The quantitative estimate of drug-likeness (QED) is 0.412. The zero-order valence-electron chi connectivity index (χ0n) is 17.7.